The van der Waals surface area contributed by atoms with E-state index in [1.54, 1.807) is 0 Å². The lowest BCUT2D eigenvalue weighted by Crippen LogP contribution is -2.35. The Bertz CT molecular complexity index is 1690. The highest BCUT2D eigenvalue weighted by atomic mass is 32.2. The summed E-state index contributed by atoms with van der Waals surface area (Å²) in [7, 11) is -3.75. The summed E-state index contributed by atoms with van der Waals surface area (Å²) in [6.07, 6.45) is 1.62. The largest absolute Gasteiger partial charge is 0.486 e. The first kappa shape index (κ1) is 23.7. The Morgan fingerprint density at radius 1 is 1.03 bits per heavy atom. The summed E-state index contributed by atoms with van der Waals surface area (Å²) in [5, 5.41) is 0. The van der Waals surface area contributed by atoms with Crippen LogP contribution in [0.25, 0.3) is 10.2 Å². The molecular weight excluding hydrogens is 510 g/mol. The summed E-state index contributed by atoms with van der Waals surface area (Å²) in [4.78, 5) is 18.1. The van der Waals surface area contributed by atoms with Crippen molar-refractivity contribution >= 4 is 43.2 Å². The summed E-state index contributed by atoms with van der Waals surface area (Å²) in [5.74, 6) is 0.942. The summed E-state index contributed by atoms with van der Waals surface area (Å²) in [5.41, 5.74) is 2.99. The minimum atomic E-state index is -3.75. The molecule has 8 nitrogen and oxygen atoms in total. The number of amides is 1. The number of para-hydroxylation sites is 1. The Labute approximate surface area is 218 Å². The molecule has 2 aliphatic rings. The van der Waals surface area contributed by atoms with E-state index in [0.717, 1.165) is 34.3 Å². The van der Waals surface area contributed by atoms with Crippen LogP contribution in [0, 0.1) is 0 Å². The number of rotatable bonds is 4. The number of hydrogen-bond donors (Lipinski definition) is 0. The molecular formula is C27H25N3O5S2. The number of sulfonamides is 1. The molecule has 0 fully saturated rings. The zero-order valence-corrected chi connectivity index (χ0v) is 21.8. The standard InChI is InChI=1S/C27H25N3O5S2/c1-2-29-22-16-23-24(35-15-14-34-23)17-25(22)36-27(29)28-26(31)19-9-11-20(12-10-19)37(32,33)30-13-5-7-18-6-3-4-8-21(18)30/h3-4,6,8-12,16-17H,2,5,7,13-15H2,1H3. The van der Waals surface area contributed by atoms with Crippen LogP contribution in [0.3, 0.4) is 0 Å². The molecule has 0 atom stereocenters. The third kappa shape index (κ3) is 4.19. The summed E-state index contributed by atoms with van der Waals surface area (Å²) >= 11 is 1.40. The van der Waals surface area contributed by atoms with Crippen molar-refractivity contribution in [3.63, 3.8) is 0 Å². The molecule has 3 aromatic carbocycles. The van der Waals surface area contributed by atoms with Gasteiger partial charge in [0, 0.05) is 30.8 Å². The van der Waals surface area contributed by atoms with Gasteiger partial charge in [-0.05, 0) is 55.7 Å². The smallest absolute Gasteiger partial charge is 0.279 e. The molecule has 6 rings (SSSR count). The first-order valence-electron chi connectivity index (χ1n) is 12.2. The molecule has 0 bridgehead atoms. The topological polar surface area (TPSA) is 90.2 Å². The molecule has 4 aromatic rings. The van der Waals surface area contributed by atoms with Gasteiger partial charge in [-0.25, -0.2) is 8.42 Å². The van der Waals surface area contributed by atoms with Crippen molar-refractivity contribution in [2.75, 3.05) is 24.1 Å². The number of aromatic nitrogens is 1. The zero-order chi connectivity index (χ0) is 25.6. The van der Waals surface area contributed by atoms with E-state index in [1.807, 2.05) is 47.9 Å². The minimum absolute atomic E-state index is 0.150. The van der Waals surface area contributed by atoms with Crippen molar-refractivity contribution < 1.29 is 22.7 Å². The summed E-state index contributed by atoms with van der Waals surface area (Å²) < 4.78 is 42.6. The molecule has 1 aromatic heterocycles. The van der Waals surface area contributed by atoms with Crippen LogP contribution in [0.15, 0.2) is 70.6 Å². The van der Waals surface area contributed by atoms with E-state index in [9.17, 15) is 13.2 Å². The van der Waals surface area contributed by atoms with Gasteiger partial charge in [-0.15, -0.1) is 0 Å². The number of thiazole rings is 1. The Kier molecular flexibility index (Phi) is 6.00. The van der Waals surface area contributed by atoms with E-state index in [-0.39, 0.29) is 4.90 Å². The van der Waals surface area contributed by atoms with Crippen LogP contribution in [-0.4, -0.2) is 38.7 Å². The number of hydrogen-bond acceptors (Lipinski definition) is 6. The van der Waals surface area contributed by atoms with Gasteiger partial charge < -0.3 is 14.0 Å². The van der Waals surface area contributed by atoms with Crippen molar-refractivity contribution in [3.8, 4) is 11.5 Å². The van der Waals surface area contributed by atoms with E-state index >= 15 is 0 Å². The minimum Gasteiger partial charge on any atom is -0.486 e. The van der Waals surface area contributed by atoms with Crippen LogP contribution >= 0.6 is 11.3 Å². The average Bonchev–Trinajstić information content (AvgIpc) is 3.26. The second kappa shape index (κ2) is 9.35. The lowest BCUT2D eigenvalue weighted by atomic mass is 10.0. The van der Waals surface area contributed by atoms with Crippen LogP contribution in [-0.2, 0) is 23.0 Å². The van der Waals surface area contributed by atoms with Crippen molar-refractivity contribution in [3.05, 3.63) is 76.6 Å². The third-order valence-electron chi connectivity index (χ3n) is 6.62. The van der Waals surface area contributed by atoms with Gasteiger partial charge in [-0.1, -0.05) is 29.5 Å². The molecule has 0 unspecified atom stereocenters. The first-order valence-corrected chi connectivity index (χ1v) is 14.4. The molecule has 0 aliphatic carbocycles. The number of nitrogens with zero attached hydrogens (tertiary/aromatic N) is 3. The molecule has 0 saturated carbocycles. The number of benzene rings is 3. The van der Waals surface area contributed by atoms with Gasteiger partial charge in [0.2, 0.25) is 0 Å². The van der Waals surface area contributed by atoms with Crippen LogP contribution in [0.5, 0.6) is 11.5 Å². The second-order valence-electron chi connectivity index (χ2n) is 8.84. The predicted octanol–water partition coefficient (Wildman–Crippen LogP) is 4.38. The molecule has 0 saturated heterocycles. The maximum Gasteiger partial charge on any atom is 0.279 e. The van der Waals surface area contributed by atoms with Crippen molar-refractivity contribution in [2.45, 2.75) is 31.2 Å². The summed E-state index contributed by atoms with van der Waals surface area (Å²) in [6, 6.07) is 17.4. The Hall–Kier alpha value is -3.63. The molecule has 10 heteroatoms. The maximum absolute atomic E-state index is 13.4. The summed E-state index contributed by atoms with van der Waals surface area (Å²) in [6.45, 7) is 4.05. The number of aryl methyl sites for hydroxylation is 2. The van der Waals surface area contributed by atoms with E-state index in [4.69, 9.17) is 9.47 Å². The Morgan fingerprint density at radius 2 is 1.76 bits per heavy atom. The quantitative estimate of drug-likeness (QED) is 0.387. The molecule has 37 heavy (non-hydrogen) atoms. The zero-order valence-electron chi connectivity index (χ0n) is 20.2. The molecule has 0 radical (unpaired) electrons. The molecule has 0 N–H and O–H groups in total. The van der Waals surface area contributed by atoms with Crippen LogP contribution < -0.4 is 18.6 Å². The lowest BCUT2D eigenvalue weighted by Gasteiger charge is -2.30. The van der Waals surface area contributed by atoms with Crippen LogP contribution in [0.1, 0.15) is 29.3 Å². The number of ether oxygens (including phenoxy) is 2. The van der Waals surface area contributed by atoms with E-state index in [0.29, 0.717) is 48.2 Å². The van der Waals surface area contributed by atoms with Gasteiger partial charge in [0.25, 0.3) is 15.9 Å². The van der Waals surface area contributed by atoms with Gasteiger partial charge in [-0.3, -0.25) is 9.10 Å². The fourth-order valence-electron chi connectivity index (χ4n) is 4.79. The van der Waals surface area contributed by atoms with Gasteiger partial charge in [-0.2, -0.15) is 4.99 Å². The molecule has 3 heterocycles. The normalized spacial score (nSPS) is 15.6. The van der Waals surface area contributed by atoms with Gasteiger partial charge >= 0.3 is 0 Å². The SMILES string of the molecule is CCn1c(=NC(=O)c2ccc(S(=O)(=O)N3CCCc4ccccc43)cc2)sc2cc3c(cc21)OCCO3. The highest BCUT2D eigenvalue weighted by Crippen LogP contribution is 2.36. The van der Waals surface area contributed by atoms with Crippen LogP contribution in [0.2, 0.25) is 0 Å². The van der Waals surface area contributed by atoms with Gasteiger partial charge in [0.05, 0.1) is 20.8 Å². The number of anilines is 1. The second-order valence-corrected chi connectivity index (χ2v) is 11.7. The molecule has 2 aliphatic heterocycles. The fraction of sp³-hybridized carbons (Fsp3) is 0.259. The third-order valence-corrected chi connectivity index (χ3v) is 9.49. The average molecular weight is 536 g/mol. The van der Waals surface area contributed by atoms with Crippen molar-refractivity contribution in [1.29, 1.82) is 0 Å². The van der Waals surface area contributed by atoms with Crippen molar-refractivity contribution in [1.82, 2.24) is 4.57 Å². The highest BCUT2D eigenvalue weighted by molar-refractivity contribution is 7.92. The van der Waals surface area contributed by atoms with E-state index in [1.165, 1.54) is 39.9 Å². The van der Waals surface area contributed by atoms with Gasteiger partial charge in [0.15, 0.2) is 16.3 Å². The number of fused-ring (bicyclic) bond motifs is 3. The number of carbonyl (C=O) groups excluding carboxylic acids is 1. The van der Waals surface area contributed by atoms with Gasteiger partial charge in [0.1, 0.15) is 13.2 Å². The van der Waals surface area contributed by atoms with Crippen molar-refractivity contribution in [2.24, 2.45) is 4.99 Å². The Morgan fingerprint density at radius 3 is 2.51 bits per heavy atom. The number of carbonyl (C=O) groups is 1. The first-order chi connectivity index (χ1) is 18.0. The van der Waals surface area contributed by atoms with E-state index in [2.05, 4.69) is 4.99 Å². The lowest BCUT2D eigenvalue weighted by molar-refractivity contribution is 0.0997. The van der Waals surface area contributed by atoms with Crippen LogP contribution in [0.4, 0.5) is 5.69 Å². The monoisotopic (exact) mass is 535 g/mol. The molecule has 190 valence electrons. The predicted molar refractivity (Wildman–Crippen MR) is 142 cm³/mol. The molecule has 1 amide bonds. The maximum atomic E-state index is 13.4. The van der Waals surface area contributed by atoms with E-state index < -0.39 is 15.9 Å². The molecule has 0 spiro atoms. The highest BCUT2D eigenvalue weighted by Gasteiger charge is 2.29. The fourth-order valence-corrected chi connectivity index (χ4v) is 7.44. The Balaban J connectivity index is 1.31.